The lowest BCUT2D eigenvalue weighted by atomic mass is 10.0. The van der Waals surface area contributed by atoms with Gasteiger partial charge in [-0.05, 0) is 17.2 Å². The molecule has 20 heavy (non-hydrogen) atoms. The number of anilines is 1. The second kappa shape index (κ2) is 4.90. The first-order valence-electron chi connectivity index (χ1n) is 6.42. The molecule has 1 heterocycles. The SMILES string of the molecule is CN1C(=O)[C@@H](N)N=Cc2ccc(-c3ccccc3)cc21. The predicted octanol–water partition coefficient (Wildman–Crippen LogP) is 2.03. The standard InChI is InChI=1S/C16H15N3O/c1-19-14-9-12(11-5-3-2-4-6-11)7-8-13(14)10-18-15(17)16(19)20/h2-10,15H,17H2,1H3/t15-/m0/s1. The van der Waals surface area contributed by atoms with Crippen molar-refractivity contribution in [1.82, 2.24) is 0 Å². The van der Waals surface area contributed by atoms with E-state index >= 15 is 0 Å². The number of benzene rings is 2. The van der Waals surface area contributed by atoms with Gasteiger partial charge in [0.2, 0.25) is 0 Å². The monoisotopic (exact) mass is 265 g/mol. The summed E-state index contributed by atoms with van der Waals surface area (Å²) in [5.41, 5.74) is 9.61. The summed E-state index contributed by atoms with van der Waals surface area (Å²) < 4.78 is 0. The van der Waals surface area contributed by atoms with Crippen LogP contribution in [0.4, 0.5) is 5.69 Å². The van der Waals surface area contributed by atoms with Gasteiger partial charge >= 0.3 is 0 Å². The second-order valence-electron chi connectivity index (χ2n) is 4.76. The van der Waals surface area contributed by atoms with Crippen LogP contribution in [0.1, 0.15) is 5.56 Å². The Morgan fingerprint density at radius 3 is 2.60 bits per heavy atom. The second-order valence-corrected chi connectivity index (χ2v) is 4.76. The summed E-state index contributed by atoms with van der Waals surface area (Å²) in [6.45, 7) is 0. The van der Waals surface area contributed by atoms with Crippen molar-refractivity contribution in [3.63, 3.8) is 0 Å². The third kappa shape index (κ3) is 2.10. The molecule has 0 aliphatic carbocycles. The van der Waals surface area contributed by atoms with Gasteiger partial charge in [0.15, 0.2) is 6.17 Å². The number of amides is 1. The fourth-order valence-corrected chi connectivity index (χ4v) is 2.29. The molecule has 0 bridgehead atoms. The smallest absolute Gasteiger partial charge is 0.266 e. The van der Waals surface area contributed by atoms with E-state index in [1.165, 1.54) is 0 Å². The van der Waals surface area contributed by atoms with Crippen molar-refractivity contribution in [2.75, 3.05) is 11.9 Å². The fraction of sp³-hybridized carbons (Fsp3) is 0.125. The van der Waals surface area contributed by atoms with Gasteiger partial charge in [-0.15, -0.1) is 0 Å². The van der Waals surface area contributed by atoms with Gasteiger partial charge in [0.1, 0.15) is 0 Å². The number of rotatable bonds is 1. The zero-order chi connectivity index (χ0) is 14.1. The Balaban J connectivity index is 2.10. The van der Waals surface area contributed by atoms with Gasteiger partial charge < -0.3 is 10.6 Å². The molecular weight excluding hydrogens is 250 g/mol. The predicted molar refractivity (Wildman–Crippen MR) is 80.9 cm³/mol. The van der Waals surface area contributed by atoms with Crippen molar-refractivity contribution < 1.29 is 4.79 Å². The van der Waals surface area contributed by atoms with Gasteiger partial charge in [-0.2, -0.15) is 0 Å². The molecule has 2 aromatic carbocycles. The minimum atomic E-state index is -0.826. The Morgan fingerprint density at radius 1 is 1.10 bits per heavy atom. The number of hydrogen-bond acceptors (Lipinski definition) is 3. The third-order valence-electron chi connectivity index (χ3n) is 3.46. The number of hydrogen-bond donors (Lipinski definition) is 1. The van der Waals surface area contributed by atoms with Gasteiger partial charge in [-0.3, -0.25) is 9.79 Å². The number of benzodiazepines with no additional fused rings is 1. The Kier molecular flexibility index (Phi) is 3.08. The normalized spacial score (nSPS) is 17.8. The van der Waals surface area contributed by atoms with Crippen LogP contribution >= 0.6 is 0 Å². The summed E-state index contributed by atoms with van der Waals surface area (Å²) in [6.07, 6.45) is 0.837. The number of nitrogens with two attached hydrogens (primary N) is 1. The molecule has 3 rings (SSSR count). The number of fused-ring (bicyclic) bond motifs is 1. The van der Waals surface area contributed by atoms with Crippen LogP contribution in [-0.2, 0) is 4.79 Å². The maximum Gasteiger partial charge on any atom is 0.266 e. The molecular formula is C16H15N3O. The highest BCUT2D eigenvalue weighted by Crippen LogP contribution is 2.28. The number of nitrogens with zero attached hydrogens (tertiary/aromatic N) is 2. The number of likely N-dealkylation sites (N-methyl/N-ethyl adjacent to an activating group) is 1. The molecule has 4 heteroatoms. The quantitative estimate of drug-likeness (QED) is 0.857. The van der Waals surface area contributed by atoms with E-state index in [1.54, 1.807) is 18.2 Å². The zero-order valence-electron chi connectivity index (χ0n) is 11.2. The van der Waals surface area contributed by atoms with Gasteiger partial charge in [0.05, 0.1) is 5.69 Å². The van der Waals surface area contributed by atoms with E-state index in [9.17, 15) is 4.79 Å². The van der Waals surface area contributed by atoms with Crippen LogP contribution in [0, 0.1) is 0 Å². The van der Waals surface area contributed by atoms with Crippen molar-refractivity contribution in [3.05, 3.63) is 54.1 Å². The molecule has 0 fully saturated rings. The molecule has 1 aliphatic heterocycles. The molecule has 1 amide bonds. The molecule has 0 unspecified atom stereocenters. The van der Waals surface area contributed by atoms with Crippen molar-refractivity contribution in [3.8, 4) is 11.1 Å². The number of aliphatic imine (C=N–C) groups is 1. The van der Waals surface area contributed by atoms with Crippen LogP contribution in [0.3, 0.4) is 0 Å². The first-order chi connectivity index (χ1) is 9.66. The molecule has 0 radical (unpaired) electrons. The lowest BCUT2D eigenvalue weighted by molar-refractivity contribution is -0.119. The largest absolute Gasteiger partial charge is 0.312 e. The Morgan fingerprint density at radius 2 is 1.85 bits per heavy atom. The number of carbonyl (C=O) groups is 1. The van der Waals surface area contributed by atoms with Gasteiger partial charge in [-0.1, -0.05) is 42.5 Å². The molecule has 1 atom stereocenters. The molecule has 100 valence electrons. The first kappa shape index (κ1) is 12.6. The van der Waals surface area contributed by atoms with Gasteiger partial charge in [0, 0.05) is 18.8 Å². The average Bonchev–Trinajstić information content (AvgIpc) is 2.61. The molecule has 1 aliphatic rings. The molecule has 0 aromatic heterocycles. The minimum absolute atomic E-state index is 0.204. The third-order valence-corrected chi connectivity index (χ3v) is 3.46. The average molecular weight is 265 g/mol. The molecule has 2 N–H and O–H groups in total. The van der Waals surface area contributed by atoms with Crippen LogP contribution in [0.15, 0.2) is 53.5 Å². The maximum absolute atomic E-state index is 12.0. The van der Waals surface area contributed by atoms with Crippen molar-refractivity contribution in [2.24, 2.45) is 10.7 Å². The van der Waals surface area contributed by atoms with Crippen LogP contribution in [0.5, 0.6) is 0 Å². The van der Waals surface area contributed by atoms with Crippen LogP contribution in [0.25, 0.3) is 11.1 Å². The van der Waals surface area contributed by atoms with Crippen LogP contribution < -0.4 is 10.6 Å². The molecule has 0 spiro atoms. The molecule has 0 saturated carbocycles. The van der Waals surface area contributed by atoms with Gasteiger partial charge in [0.25, 0.3) is 5.91 Å². The molecule has 4 nitrogen and oxygen atoms in total. The van der Waals surface area contributed by atoms with Crippen LogP contribution in [-0.4, -0.2) is 25.3 Å². The van der Waals surface area contributed by atoms with E-state index in [2.05, 4.69) is 4.99 Å². The van der Waals surface area contributed by atoms with E-state index in [4.69, 9.17) is 5.73 Å². The lowest BCUT2D eigenvalue weighted by Gasteiger charge is -2.19. The van der Waals surface area contributed by atoms with Crippen molar-refractivity contribution in [2.45, 2.75) is 6.17 Å². The maximum atomic E-state index is 12.0. The first-order valence-corrected chi connectivity index (χ1v) is 6.42. The molecule has 0 saturated heterocycles. The Hall–Kier alpha value is -2.46. The van der Waals surface area contributed by atoms with E-state index in [-0.39, 0.29) is 5.91 Å². The highest BCUT2D eigenvalue weighted by Gasteiger charge is 2.23. The minimum Gasteiger partial charge on any atom is -0.312 e. The lowest BCUT2D eigenvalue weighted by Crippen LogP contribution is -2.39. The van der Waals surface area contributed by atoms with E-state index < -0.39 is 6.17 Å². The summed E-state index contributed by atoms with van der Waals surface area (Å²) in [5, 5.41) is 0. The van der Waals surface area contributed by atoms with E-state index in [1.807, 2.05) is 48.5 Å². The van der Waals surface area contributed by atoms with Crippen LogP contribution in [0.2, 0.25) is 0 Å². The highest BCUT2D eigenvalue weighted by molar-refractivity contribution is 6.05. The summed E-state index contributed by atoms with van der Waals surface area (Å²) >= 11 is 0. The fourth-order valence-electron chi connectivity index (χ4n) is 2.29. The summed E-state index contributed by atoms with van der Waals surface area (Å²) in [5.74, 6) is -0.204. The van der Waals surface area contributed by atoms with Crippen molar-refractivity contribution in [1.29, 1.82) is 0 Å². The topological polar surface area (TPSA) is 58.7 Å². The summed E-state index contributed by atoms with van der Waals surface area (Å²) in [6, 6.07) is 16.0. The summed E-state index contributed by atoms with van der Waals surface area (Å²) in [7, 11) is 1.73. The van der Waals surface area contributed by atoms with Crippen molar-refractivity contribution >= 4 is 17.8 Å². The van der Waals surface area contributed by atoms with E-state index in [0.29, 0.717) is 0 Å². The van der Waals surface area contributed by atoms with E-state index in [0.717, 1.165) is 22.4 Å². The molecule has 2 aromatic rings. The summed E-state index contributed by atoms with van der Waals surface area (Å²) in [4.78, 5) is 17.7. The zero-order valence-corrected chi connectivity index (χ0v) is 11.2. The van der Waals surface area contributed by atoms with Gasteiger partial charge in [-0.25, -0.2) is 0 Å². The Labute approximate surface area is 117 Å². The number of carbonyl (C=O) groups excluding carboxylic acids is 1. The highest BCUT2D eigenvalue weighted by atomic mass is 16.2. The Bertz CT molecular complexity index is 679.